The number of allylic oxidation sites excluding steroid dienone is 4. The fourth-order valence-electron chi connectivity index (χ4n) is 4.33. The van der Waals surface area contributed by atoms with Crippen molar-refractivity contribution < 1.29 is 0 Å². The van der Waals surface area contributed by atoms with Gasteiger partial charge in [-0.05, 0) is 44.4 Å². The maximum atomic E-state index is 2.53. The van der Waals surface area contributed by atoms with Gasteiger partial charge in [0.05, 0.1) is 0 Å². The maximum Gasteiger partial charge on any atom is -0.0163 e. The molecule has 1 atom stereocenters. The Balaban J connectivity index is 2.34. The van der Waals surface area contributed by atoms with Crippen molar-refractivity contribution >= 4 is 0 Å². The molecule has 1 rings (SSSR count). The van der Waals surface area contributed by atoms with Crippen LogP contribution in [0.2, 0.25) is 0 Å². The van der Waals surface area contributed by atoms with Gasteiger partial charge in [0.2, 0.25) is 0 Å². The smallest absolute Gasteiger partial charge is 0.0163 e. The molecule has 1 unspecified atom stereocenters. The van der Waals surface area contributed by atoms with Crippen LogP contribution in [-0.2, 0) is 0 Å². The first kappa shape index (κ1) is 23.5. The van der Waals surface area contributed by atoms with Gasteiger partial charge in [-0.2, -0.15) is 0 Å². The molecule has 0 N–H and O–H groups in total. The van der Waals surface area contributed by atoms with E-state index in [-0.39, 0.29) is 0 Å². The minimum atomic E-state index is 0.866. The van der Waals surface area contributed by atoms with Crippen molar-refractivity contribution in [1.82, 2.24) is 0 Å². The van der Waals surface area contributed by atoms with Gasteiger partial charge in [-0.1, -0.05) is 121 Å². The quantitative estimate of drug-likeness (QED) is 0.226. The van der Waals surface area contributed by atoms with Crippen molar-refractivity contribution in [3.05, 3.63) is 23.3 Å². The number of hydrogen-bond acceptors (Lipinski definition) is 0. The Kier molecular flexibility index (Phi) is 15.1. The topological polar surface area (TPSA) is 0 Å². The first-order valence-electron chi connectivity index (χ1n) is 12.2. The average molecular weight is 361 g/mol. The van der Waals surface area contributed by atoms with E-state index in [1.165, 1.54) is 116 Å². The highest BCUT2D eigenvalue weighted by Crippen LogP contribution is 2.34. The molecule has 0 fully saturated rings. The van der Waals surface area contributed by atoms with E-state index in [0.717, 1.165) is 5.92 Å². The summed E-state index contributed by atoms with van der Waals surface area (Å²) in [5.74, 6) is 0.866. The molecule has 1 aliphatic carbocycles. The fourth-order valence-corrected chi connectivity index (χ4v) is 4.33. The van der Waals surface area contributed by atoms with Gasteiger partial charge in [0.15, 0.2) is 0 Å². The molecule has 0 aromatic carbocycles. The Morgan fingerprint density at radius 1 is 0.615 bits per heavy atom. The lowest BCUT2D eigenvalue weighted by molar-refractivity contribution is 0.483. The summed E-state index contributed by atoms with van der Waals surface area (Å²) in [7, 11) is 0. The van der Waals surface area contributed by atoms with Crippen LogP contribution < -0.4 is 0 Å². The molecule has 0 radical (unpaired) electrons. The average Bonchev–Trinajstić information content (AvgIpc) is 2.66. The first-order chi connectivity index (χ1) is 12.8. The molecular formula is C26H48. The Morgan fingerprint density at radius 2 is 1.15 bits per heavy atom. The zero-order valence-corrected chi connectivity index (χ0v) is 18.5. The van der Waals surface area contributed by atoms with E-state index in [1.54, 1.807) is 11.1 Å². The van der Waals surface area contributed by atoms with Crippen molar-refractivity contribution in [1.29, 1.82) is 0 Å². The largest absolute Gasteiger partial charge is 0.0696 e. The second kappa shape index (κ2) is 16.6. The zero-order chi connectivity index (χ0) is 18.9. The summed E-state index contributed by atoms with van der Waals surface area (Å²) < 4.78 is 0. The molecule has 0 amide bonds. The summed E-state index contributed by atoms with van der Waals surface area (Å²) in [4.78, 5) is 0. The van der Waals surface area contributed by atoms with Crippen LogP contribution in [0.3, 0.4) is 0 Å². The van der Waals surface area contributed by atoms with Crippen LogP contribution >= 0.6 is 0 Å². The van der Waals surface area contributed by atoms with Crippen molar-refractivity contribution in [2.24, 2.45) is 5.92 Å². The number of hydrogen-bond donors (Lipinski definition) is 0. The summed E-state index contributed by atoms with van der Waals surface area (Å²) in [6, 6.07) is 0. The highest BCUT2D eigenvalue weighted by atomic mass is 14.2. The van der Waals surface area contributed by atoms with E-state index >= 15 is 0 Å². The SMILES string of the molecule is CCCCCCCCC1=CC=C(CCCCCCCC)C(CCCC)C1. The zero-order valence-electron chi connectivity index (χ0n) is 18.5. The lowest BCUT2D eigenvalue weighted by Crippen LogP contribution is -2.10. The van der Waals surface area contributed by atoms with Crippen LogP contribution in [0.25, 0.3) is 0 Å². The molecule has 1 aliphatic rings. The van der Waals surface area contributed by atoms with Crippen molar-refractivity contribution in [3.8, 4) is 0 Å². The number of unbranched alkanes of at least 4 members (excludes halogenated alkanes) is 11. The summed E-state index contributed by atoms with van der Waals surface area (Å²) in [6.45, 7) is 6.95. The molecule has 0 aromatic rings. The van der Waals surface area contributed by atoms with Crippen LogP contribution in [-0.4, -0.2) is 0 Å². The molecule has 0 aliphatic heterocycles. The van der Waals surface area contributed by atoms with Gasteiger partial charge >= 0.3 is 0 Å². The third-order valence-corrected chi connectivity index (χ3v) is 6.14. The summed E-state index contributed by atoms with van der Waals surface area (Å²) in [5, 5.41) is 0. The Labute approximate surface area is 165 Å². The summed E-state index contributed by atoms with van der Waals surface area (Å²) in [6.07, 6.45) is 30.3. The van der Waals surface area contributed by atoms with Crippen LogP contribution in [0.1, 0.15) is 136 Å². The molecule has 0 aromatic heterocycles. The molecule has 0 nitrogen and oxygen atoms in total. The molecule has 26 heavy (non-hydrogen) atoms. The van der Waals surface area contributed by atoms with E-state index in [9.17, 15) is 0 Å². The molecule has 0 heteroatoms. The van der Waals surface area contributed by atoms with E-state index in [1.807, 2.05) is 0 Å². The second-order valence-electron chi connectivity index (χ2n) is 8.65. The molecule has 0 saturated carbocycles. The van der Waals surface area contributed by atoms with E-state index in [4.69, 9.17) is 0 Å². The Bertz CT molecular complexity index is 373. The molecule has 0 saturated heterocycles. The predicted octanol–water partition coefficient (Wildman–Crippen LogP) is 9.55. The summed E-state index contributed by atoms with van der Waals surface area (Å²) in [5.41, 5.74) is 3.52. The van der Waals surface area contributed by atoms with Gasteiger partial charge in [-0.25, -0.2) is 0 Å². The minimum absolute atomic E-state index is 0.866. The van der Waals surface area contributed by atoms with Gasteiger partial charge in [-0.3, -0.25) is 0 Å². The van der Waals surface area contributed by atoms with Gasteiger partial charge in [-0.15, -0.1) is 0 Å². The van der Waals surface area contributed by atoms with Gasteiger partial charge in [0, 0.05) is 0 Å². The first-order valence-corrected chi connectivity index (χ1v) is 12.2. The molecule has 0 spiro atoms. The van der Waals surface area contributed by atoms with Gasteiger partial charge in [0.25, 0.3) is 0 Å². The third-order valence-electron chi connectivity index (χ3n) is 6.14. The van der Waals surface area contributed by atoms with Gasteiger partial charge in [0.1, 0.15) is 0 Å². The predicted molar refractivity (Wildman–Crippen MR) is 120 cm³/mol. The lowest BCUT2D eigenvalue weighted by atomic mass is 9.80. The van der Waals surface area contributed by atoms with Gasteiger partial charge < -0.3 is 0 Å². The van der Waals surface area contributed by atoms with Crippen molar-refractivity contribution in [3.63, 3.8) is 0 Å². The standard InChI is InChI=1S/C26H48/c1-4-7-10-12-14-16-18-24-21-22-25(26(23-24)19-9-6-3)20-17-15-13-11-8-5-2/h21-22,26H,4-20,23H2,1-3H3. The second-order valence-corrected chi connectivity index (χ2v) is 8.65. The van der Waals surface area contributed by atoms with Crippen molar-refractivity contribution in [2.45, 2.75) is 136 Å². The molecule has 0 bridgehead atoms. The van der Waals surface area contributed by atoms with Crippen molar-refractivity contribution in [2.75, 3.05) is 0 Å². The molecular weight excluding hydrogens is 312 g/mol. The lowest BCUT2D eigenvalue weighted by Gasteiger charge is -2.25. The van der Waals surface area contributed by atoms with Crippen LogP contribution in [0.5, 0.6) is 0 Å². The Morgan fingerprint density at radius 3 is 1.77 bits per heavy atom. The third kappa shape index (κ3) is 11.2. The van der Waals surface area contributed by atoms with Crippen LogP contribution in [0.15, 0.2) is 23.3 Å². The van der Waals surface area contributed by atoms with E-state index < -0.39 is 0 Å². The number of rotatable bonds is 17. The minimum Gasteiger partial charge on any atom is -0.0696 e. The maximum absolute atomic E-state index is 2.53. The van der Waals surface area contributed by atoms with Crippen LogP contribution in [0, 0.1) is 5.92 Å². The molecule has 152 valence electrons. The molecule has 0 heterocycles. The fraction of sp³-hybridized carbons (Fsp3) is 0.846. The highest BCUT2D eigenvalue weighted by Gasteiger charge is 2.18. The monoisotopic (exact) mass is 360 g/mol. The van der Waals surface area contributed by atoms with E-state index in [0.29, 0.717) is 0 Å². The highest BCUT2D eigenvalue weighted by molar-refractivity contribution is 5.26. The summed E-state index contributed by atoms with van der Waals surface area (Å²) >= 11 is 0. The normalized spacial score (nSPS) is 17.3. The Hall–Kier alpha value is -0.520. The van der Waals surface area contributed by atoms with E-state index in [2.05, 4.69) is 32.9 Å². The van der Waals surface area contributed by atoms with Crippen LogP contribution in [0.4, 0.5) is 0 Å².